The molecule has 0 bridgehead atoms. The smallest absolute Gasteiger partial charge is 0.264 e. The molecule has 1 aliphatic heterocycles. The number of carbonyl (C=O) groups excluding carboxylic acids is 1. The SMILES string of the molecule is CCC(=O)N[C@H]1CCN(S(=O)(=O)c2ccc(C)cc2)c2cc(OC)ccc2[C@H]1O. The number of aryl methyl sites for hydroxylation is 1. The second kappa shape index (κ2) is 8.42. The summed E-state index contributed by atoms with van der Waals surface area (Å²) in [4.78, 5) is 12.1. The highest BCUT2D eigenvalue weighted by Gasteiger charge is 2.35. The molecule has 0 spiro atoms. The molecular weight excluding hydrogens is 392 g/mol. The molecule has 2 aromatic rings. The zero-order valence-corrected chi connectivity index (χ0v) is 17.6. The minimum absolute atomic E-state index is 0.113. The first-order valence-corrected chi connectivity index (χ1v) is 11.0. The number of aliphatic hydroxyl groups excluding tert-OH is 1. The molecule has 0 unspecified atom stereocenters. The third kappa shape index (κ3) is 4.23. The number of benzene rings is 2. The number of hydrogen-bond donors (Lipinski definition) is 2. The van der Waals surface area contributed by atoms with Crippen LogP contribution in [0.4, 0.5) is 5.69 Å². The van der Waals surface area contributed by atoms with Gasteiger partial charge < -0.3 is 15.2 Å². The van der Waals surface area contributed by atoms with Gasteiger partial charge in [0.25, 0.3) is 10.0 Å². The van der Waals surface area contributed by atoms with E-state index in [-0.39, 0.29) is 30.2 Å². The lowest BCUT2D eigenvalue weighted by molar-refractivity contribution is -0.122. The number of rotatable bonds is 5. The van der Waals surface area contributed by atoms with Crippen LogP contribution in [0.25, 0.3) is 0 Å². The van der Waals surface area contributed by atoms with E-state index in [0.717, 1.165) is 5.56 Å². The Hall–Kier alpha value is -2.58. The number of methoxy groups -OCH3 is 1. The second-order valence-electron chi connectivity index (χ2n) is 7.08. The van der Waals surface area contributed by atoms with E-state index in [9.17, 15) is 18.3 Å². The summed E-state index contributed by atoms with van der Waals surface area (Å²) in [5.41, 5.74) is 1.74. The van der Waals surface area contributed by atoms with E-state index < -0.39 is 22.2 Å². The van der Waals surface area contributed by atoms with Crippen molar-refractivity contribution in [3.8, 4) is 5.75 Å². The molecule has 2 atom stereocenters. The van der Waals surface area contributed by atoms with Crippen LogP contribution in [0.5, 0.6) is 5.75 Å². The Labute approximate surface area is 171 Å². The predicted molar refractivity (Wildman–Crippen MR) is 111 cm³/mol. The van der Waals surface area contributed by atoms with Crippen LogP contribution in [0.3, 0.4) is 0 Å². The summed E-state index contributed by atoms with van der Waals surface area (Å²) in [6, 6.07) is 11.0. The van der Waals surface area contributed by atoms with E-state index in [1.54, 1.807) is 49.4 Å². The number of aliphatic hydroxyl groups is 1. The highest BCUT2D eigenvalue weighted by atomic mass is 32.2. The largest absolute Gasteiger partial charge is 0.497 e. The van der Waals surface area contributed by atoms with Crippen molar-refractivity contribution in [3.63, 3.8) is 0 Å². The summed E-state index contributed by atoms with van der Waals surface area (Å²) in [7, 11) is -2.37. The standard InChI is InChI=1S/C21H26N2O5S/c1-4-20(24)22-18-11-12-23(29(26,27)16-8-5-14(2)6-9-16)19-13-15(28-3)7-10-17(19)21(18)25/h5-10,13,18,21,25H,4,11-12H2,1-3H3,(H,22,24)/t18-,21+/m0/s1. The van der Waals surface area contributed by atoms with Crippen LogP contribution in [-0.2, 0) is 14.8 Å². The van der Waals surface area contributed by atoms with E-state index in [1.165, 1.54) is 11.4 Å². The third-order valence-electron chi connectivity index (χ3n) is 5.13. The lowest BCUT2D eigenvalue weighted by atomic mass is 10.00. The van der Waals surface area contributed by atoms with Crippen molar-refractivity contribution in [3.05, 3.63) is 53.6 Å². The summed E-state index contributed by atoms with van der Waals surface area (Å²) in [6.45, 7) is 3.73. The van der Waals surface area contributed by atoms with Gasteiger partial charge in [0.15, 0.2) is 0 Å². The summed E-state index contributed by atoms with van der Waals surface area (Å²) in [5.74, 6) is 0.287. The molecule has 1 heterocycles. The van der Waals surface area contributed by atoms with Crippen molar-refractivity contribution in [2.75, 3.05) is 18.0 Å². The monoisotopic (exact) mass is 418 g/mol. The van der Waals surface area contributed by atoms with Gasteiger partial charge >= 0.3 is 0 Å². The van der Waals surface area contributed by atoms with Crippen LogP contribution in [-0.4, -0.2) is 39.1 Å². The molecule has 0 saturated heterocycles. The zero-order chi connectivity index (χ0) is 21.2. The van der Waals surface area contributed by atoms with Gasteiger partial charge in [0.05, 0.1) is 23.7 Å². The fourth-order valence-electron chi connectivity index (χ4n) is 3.42. The molecule has 0 fully saturated rings. The highest BCUT2D eigenvalue weighted by Crippen LogP contribution is 2.38. The van der Waals surface area contributed by atoms with Gasteiger partial charge in [-0.2, -0.15) is 0 Å². The van der Waals surface area contributed by atoms with Crippen molar-refractivity contribution in [1.29, 1.82) is 0 Å². The van der Waals surface area contributed by atoms with Crippen molar-refractivity contribution in [1.82, 2.24) is 5.32 Å². The van der Waals surface area contributed by atoms with Gasteiger partial charge in [-0.05, 0) is 31.5 Å². The highest BCUT2D eigenvalue weighted by molar-refractivity contribution is 7.92. The maximum absolute atomic E-state index is 13.4. The van der Waals surface area contributed by atoms with Crippen LogP contribution in [0.2, 0.25) is 0 Å². The quantitative estimate of drug-likeness (QED) is 0.778. The summed E-state index contributed by atoms with van der Waals surface area (Å²) in [6.07, 6.45) is -0.483. The zero-order valence-electron chi connectivity index (χ0n) is 16.8. The molecule has 0 aromatic heterocycles. The Morgan fingerprint density at radius 2 is 1.93 bits per heavy atom. The molecule has 1 amide bonds. The van der Waals surface area contributed by atoms with Gasteiger partial charge in [0, 0.05) is 24.6 Å². The molecule has 2 aromatic carbocycles. The predicted octanol–water partition coefficient (Wildman–Crippen LogP) is 2.53. The first kappa shape index (κ1) is 21.1. The third-order valence-corrected chi connectivity index (χ3v) is 6.95. The van der Waals surface area contributed by atoms with Gasteiger partial charge in [-0.15, -0.1) is 0 Å². The van der Waals surface area contributed by atoms with Crippen LogP contribution >= 0.6 is 0 Å². The molecule has 0 aliphatic carbocycles. The Balaban J connectivity index is 2.10. The van der Waals surface area contributed by atoms with E-state index in [0.29, 0.717) is 17.0 Å². The maximum Gasteiger partial charge on any atom is 0.264 e. The van der Waals surface area contributed by atoms with Crippen molar-refractivity contribution >= 4 is 21.6 Å². The maximum atomic E-state index is 13.4. The van der Waals surface area contributed by atoms with Gasteiger partial charge in [-0.3, -0.25) is 9.10 Å². The molecule has 0 saturated carbocycles. The lowest BCUT2D eigenvalue weighted by Gasteiger charge is -2.25. The van der Waals surface area contributed by atoms with E-state index >= 15 is 0 Å². The number of fused-ring (bicyclic) bond motifs is 1. The van der Waals surface area contributed by atoms with Crippen molar-refractivity contribution in [2.24, 2.45) is 0 Å². The Kier molecular flexibility index (Phi) is 6.14. The molecule has 156 valence electrons. The Morgan fingerprint density at radius 1 is 1.24 bits per heavy atom. The van der Waals surface area contributed by atoms with Gasteiger partial charge in [-0.1, -0.05) is 30.7 Å². The number of amides is 1. The number of nitrogens with one attached hydrogen (secondary N) is 1. The number of ether oxygens (including phenoxy) is 1. The molecule has 1 aliphatic rings. The molecule has 2 N–H and O–H groups in total. The van der Waals surface area contributed by atoms with Crippen LogP contribution in [0.1, 0.15) is 37.0 Å². The fourth-order valence-corrected chi connectivity index (χ4v) is 4.91. The van der Waals surface area contributed by atoms with Gasteiger partial charge in [0.2, 0.25) is 5.91 Å². The lowest BCUT2D eigenvalue weighted by Crippen LogP contribution is -2.40. The van der Waals surface area contributed by atoms with Gasteiger partial charge in [0.1, 0.15) is 11.9 Å². The molecule has 7 nitrogen and oxygen atoms in total. The minimum atomic E-state index is -3.87. The molecule has 29 heavy (non-hydrogen) atoms. The summed E-state index contributed by atoms with van der Waals surface area (Å²) < 4.78 is 33.4. The summed E-state index contributed by atoms with van der Waals surface area (Å²) in [5, 5.41) is 13.7. The Bertz CT molecular complexity index is 989. The molecule has 8 heteroatoms. The molecular formula is C21H26N2O5S. The van der Waals surface area contributed by atoms with E-state index in [2.05, 4.69) is 5.32 Å². The van der Waals surface area contributed by atoms with E-state index in [4.69, 9.17) is 4.74 Å². The fraction of sp³-hybridized carbons (Fsp3) is 0.381. The minimum Gasteiger partial charge on any atom is -0.497 e. The molecule has 0 radical (unpaired) electrons. The molecule has 3 rings (SSSR count). The summed E-state index contributed by atoms with van der Waals surface area (Å²) >= 11 is 0. The Morgan fingerprint density at radius 3 is 2.55 bits per heavy atom. The number of sulfonamides is 1. The van der Waals surface area contributed by atoms with Crippen LogP contribution in [0, 0.1) is 6.92 Å². The topological polar surface area (TPSA) is 95.9 Å². The number of nitrogens with zero attached hydrogens (tertiary/aromatic N) is 1. The number of carbonyl (C=O) groups is 1. The van der Waals surface area contributed by atoms with Crippen LogP contribution in [0.15, 0.2) is 47.4 Å². The normalized spacial score (nSPS) is 19.2. The second-order valence-corrected chi connectivity index (χ2v) is 8.94. The number of hydrogen-bond acceptors (Lipinski definition) is 5. The average molecular weight is 419 g/mol. The van der Waals surface area contributed by atoms with Gasteiger partial charge in [-0.25, -0.2) is 8.42 Å². The van der Waals surface area contributed by atoms with E-state index in [1.807, 2.05) is 6.92 Å². The van der Waals surface area contributed by atoms with Crippen LogP contribution < -0.4 is 14.4 Å². The number of anilines is 1. The first-order chi connectivity index (χ1) is 13.8. The van der Waals surface area contributed by atoms with Crippen molar-refractivity contribution in [2.45, 2.75) is 43.7 Å². The van der Waals surface area contributed by atoms with Crippen molar-refractivity contribution < 1.29 is 23.1 Å². The average Bonchev–Trinajstić information content (AvgIpc) is 2.85. The first-order valence-electron chi connectivity index (χ1n) is 9.52.